The van der Waals surface area contributed by atoms with Crippen LogP contribution in [0.3, 0.4) is 0 Å². The van der Waals surface area contributed by atoms with E-state index in [4.69, 9.17) is 6.42 Å². The average molecular weight is 383 g/mol. The topological polar surface area (TPSA) is 48.6 Å². The number of terminal acetylenes is 1. The number of hydrogen-bond acceptors (Lipinski definition) is 1. The van der Waals surface area contributed by atoms with Crippen molar-refractivity contribution in [2.45, 2.75) is 40.0 Å². The molecule has 0 aliphatic carbocycles. The molecular weight excluding hydrogens is 344 g/mol. The summed E-state index contributed by atoms with van der Waals surface area (Å²) in [7, 11) is 0. The second-order valence-electron chi connectivity index (χ2n) is 5.73. The largest absolute Gasteiger partial charge is 0.412 e. The Bertz CT molecular complexity index is 972. The van der Waals surface area contributed by atoms with Crippen LogP contribution in [0.25, 0.3) is 0 Å². The molecule has 0 aliphatic heterocycles. The third-order valence-corrected chi connectivity index (χ3v) is 3.13. The maximum absolute atomic E-state index is 10.5. The van der Waals surface area contributed by atoms with Gasteiger partial charge in [0.2, 0.25) is 0 Å². The summed E-state index contributed by atoms with van der Waals surface area (Å²) in [5.74, 6) is 27.6. The number of hydrogen-bond donors (Lipinski definition) is 0. The van der Waals surface area contributed by atoms with E-state index in [-0.39, 0.29) is 21.4 Å². The van der Waals surface area contributed by atoms with E-state index in [9.17, 15) is 4.79 Å². The predicted octanol–water partition coefficient (Wildman–Crippen LogP) is 4.74. The summed E-state index contributed by atoms with van der Waals surface area (Å²) in [6.07, 6.45) is 6.72. The second-order valence-corrected chi connectivity index (χ2v) is 5.73. The number of benzene rings is 1. The van der Waals surface area contributed by atoms with E-state index in [0.29, 0.717) is 5.92 Å². The van der Waals surface area contributed by atoms with Gasteiger partial charge in [-0.05, 0) is 89.6 Å². The molecule has 2 N–H and O–H groups in total. The lowest BCUT2D eigenvalue weighted by Gasteiger charge is -2.07. The number of aldehydes is 1. The Morgan fingerprint density at radius 2 is 1.36 bits per heavy atom. The first-order valence-corrected chi connectivity index (χ1v) is 8.46. The Kier molecular flexibility index (Phi) is 17.0. The Balaban J connectivity index is -0.0000000450. The Morgan fingerprint density at radius 1 is 0.893 bits per heavy atom. The van der Waals surface area contributed by atoms with Crippen LogP contribution in [0.15, 0.2) is 24.3 Å². The molecule has 2 heteroatoms. The van der Waals surface area contributed by atoms with Crippen LogP contribution >= 0.6 is 0 Å². The second kappa shape index (κ2) is 18.0. The summed E-state index contributed by atoms with van der Waals surface area (Å²) in [6, 6.07) is 8.54. The van der Waals surface area contributed by atoms with Gasteiger partial charge < -0.3 is 10.3 Å². The molecule has 154 valence electrons. The van der Waals surface area contributed by atoms with E-state index in [1.165, 1.54) is 11.1 Å². The summed E-state index contributed by atoms with van der Waals surface area (Å²) in [4.78, 5) is 10.5. The zero-order valence-corrected chi connectivity index (χ0v) is 16.7. The fourth-order valence-corrected chi connectivity index (χ4v) is 1.78. The summed E-state index contributed by atoms with van der Waals surface area (Å²) in [6.45, 7) is 8.02. The first kappa shape index (κ1) is 26.4. The molecule has 0 saturated heterocycles. The predicted molar refractivity (Wildman–Crippen MR) is 131 cm³/mol. The van der Waals surface area contributed by atoms with Crippen LogP contribution in [-0.4, -0.2) is 11.8 Å². The molecule has 28 heavy (non-hydrogen) atoms. The SMILES string of the molecule is C#CC#CC#CC#CC#CC#CC.CC(C=O)Cc1ccc(C(C)C)cc1.O.[HH].[HH].[HH].[HH].[HH].[HH].[HH]. The van der Waals surface area contributed by atoms with Gasteiger partial charge in [-0.1, -0.05) is 51.0 Å². The van der Waals surface area contributed by atoms with Crippen molar-refractivity contribution in [2.75, 3.05) is 0 Å². The van der Waals surface area contributed by atoms with Crippen LogP contribution in [-0.2, 0) is 11.2 Å². The van der Waals surface area contributed by atoms with Crippen LogP contribution in [0.4, 0.5) is 0 Å². The molecule has 0 saturated carbocycles. The summed E-state index contributed by atoms with van der Waals surface area (Å²) < 4.78 is 0. The maximum Gasteiger partial charge on any atom is 0.123 e. The lowest BCUT2D eigenvalue weighted by molar-refractivity contribution is -0.110. The zero-order chi connectivity index (χ0) is 20.3. The van der Waals surface area contributed by atoms with Gasteiger partial charge in [-0.15, -0.1) is 6.42 Å². The van der Waals surface area contributed by atoms with Crippen LogP contribution in [0.1, 0.15) is 54.7 Å². The maximum atomic E-state index is 10.5. The van der Waals surface area contributed by atoms with E-state index in [1.807, 2.05) is 6.92 Å². The smallest absolute Gasteiger partial charge is 0.123 e. The highest BCUT2D eigenvalue weighted by Gasteiger charge is 2.02. The molecular formula is C26H38O2. The van der Waals surface area contributed by atoms with Gasteiger partial charge in [0.15, 0.2) is 0 Å². The standard InChI is InChI=1S/C13H18O.C13H4.H2O.7H2/c1-10(2)13-6-4-12(5-7-13)8-11(3)9-14;1-3-5-7-9-11-13-12-10-8-6-4-2;;;;;;;;/h4-7,9-11H,8H2,1-3H3;1H,2H3;1H2;7*1H. The molecule has 0 heterocycles. The molecule has 1 rings (SSSR count). The van der Waals surface area contributed by atoms with Crippen molar-refractivity contribution in [1.82, 2.24) is 0 Å². The Labute approximate surface area is 180 Å². The highest BCUT2D eigenvalue weighted by molar-refractivity contribution is 5.53. The van der Waals surface area contributed by atoms with Crippen molar-refractivity contribution in [1.29, 1.82) is 0 Å². The van der Waals surface area contributed by atoms with E-state index in [0.717, 1.165) is 12.7 Å². The highest BCUT2D eigenvalue weighted by Crippen LogP contribution is 2.16. The quantitative estimate of drug-likeness (QED) is 0.548. The number of rotatable bonds is 4. The molecule has 0 fully saturated rings. The van der Waals surface area contributed by atoms with Crippen molar-refractivity contribution >= 4 is 6.29 Å². The van der Waals surface area contributed by atoms with Gasteiger partial charge in [0, 0.05) is 15.9 Å². The minimum Gasteiger partial charge on any atom is -0.412 e. The average Bonchev–Trinajstić information content (AvgIpc) is 2.67. The third kappa shape index (κ3) is 14.5. The molecule has 0 bridgehead atoms. The molecule has 1 unspecified atom stereocenters. The van der Waals surface area contributed by atoms with Crippen LogP contribution < -0.4 is 0 Å². The first-order valence-electron chi connectivity index (χ1n) is 8.46. The monoisotopic (exact) mass is 382 g/mol. The van der Waals surface area contributed by atoms with Gasteiger partial charge >= 0.3 is 0 Å². The van der Waals surface area contributed by atoms with E-state index in [1.54, 1.807) is 6.92 Å². The third-order valence-electron chi connectivity index (χ3n) is 3.13. The molecule has 2 nitrogen and oxygen atoms in total. The highest BCUT2D eigenvalue weighted by atomic mass is 16.1. The molecule has 0 radical (unpaired) electrons. The van der Waals surface area contributed by atoms with E-state index in [2.05, 4.69) is 103 Å². The van der Waals surface area contributed by atoms with Crippen molar-refractivity contribution in [3.05, 3.63) is 35.4 Å². The lowest BCUT2D eigenvalue weighted by Crippen LogP contribution is -2.00. The molecule has 1 aromatic carbocycles. The minimum atomic E-state index is 0. The molecule has 0 amide bonds. The zero-order valence-electron chi connectivity index (χ0n) is 16.7. The number of carbonyl (C=O) groups excluding carboxylic acids is 1. The fraction of sp³-hybridized carbons (Fsp3) is 0.269. The lowest BCUT2D eigenvalue weighted by atomic mass is 9.98. The molecule has 0 aliphatic rings. The van der Waals surface area contributed by atoms with Crippen molar-refractivity contribution in [3.63, 3.8) is 0 Å². The van der Waals surface area contributed by atoms with E-state index < -0.39 is 0 Å². The fourth-order valence-electron chi connectivity index (χ4n) is 1.78. The van der Waals surface area contributed by atoms with Gasteiger partial charge in [0.1, 0.15) is 6.29 Å². The van der Waals surface area contributed by atoms with E-state index >= 15 is 0 Å². The molecule has 0 spiro atoms. The first-order chi connectivity index (χ1) is 13.0. The summed E-state index contributed by atoms with van der Waals surface area (Å²) in [5, 5.41) is 0. The molecule has 1 atom stereocenters. The Hall–Kier alpha value is -3.79. The van der Waals surface area contributed by atoms with Crippen molar-refractivity contribution in [3.8, 4) is 71.5 Å². The van der Waals surface area contributed by atoms with Gasteiger partial charge in [0.05, 0.1) is 0 Å². The van der Waals surface area contributed by atoms with Crippen LogP contribution in [0, 0.1) is 77.5 Å². The van der Waals surface area contributed by atoms with Crippen LogP contribution in [0.5, 0.6) is 0 Å². The molecule has 1 aromatic rings. The van der Waals surface area contributed by atoms with Gasteiger partial charge in [-0.25, -0.2) is 0 Å². The summed E-state index contributed by atoms with van der Waals surface area (Å²) >= 11 is 0. The molecule has 0 aromatic heterocycles. The number of carbonyl (C=O) groups is 1. The van der Waals surface area contributed by atoms with Crippen molar-refractivity contribution in [2.24, 2.45) is 5.92 Å². The van der Waals surface area contributed by atoms with Crippen LogP contribution in [0.2, 0.25) is 0 Å². The van der Waals surface area contributed by atoms with Gasteiger partial charge in [0.25, 0.3) is 0 Å². The van der Waals surface area contributed by atoms with Crippen molar-refractivity contribution < 1.29 is 20.3 Å². The minimum absolute atomic E-state index is 0. The summed E-state index contributed by atoms with van der Waals surface area (Å²) in [5.41, 5.74) is 2.60. The van der Waals surface area contributed by atoms with Gasteiger partial charge in [-0.2, -0.15) is 0 Å². The van der Waals surface area contributed by atoms with Gasteiger partial charge in [-0.3, -0.25) is 0 Å². The normalized spacial score (nSPS) is 8.14. The Morgan fingerprint density at radius 3 is 1.75 bits per heavy atom.